The Kier molecular flexibility index (Phi) is 2.91. The molecule has 1 aromatic heterocycles. The second-order valence-electron chi connectivity index (χ2n) is 6.03. The van der Waals surface area contributed by atoms with Crippen molar-refractivity contribution < 1.29 is 9.84 Å². The Morgan fingerprint density at radius 1 is 1.22 bits per heavy atom. The van der Waals surface area contributed by atoms with E-state index in [1.165, 1.54) is 11.9 Å². The monoisotopic (exact) mass is 311 g/mol. The minimum absolute atomic E-state index is 0.0704. The second kappa shape index (κ2) is 4.74. The number of benzene rings is 1. The van der Waals surface area contributed by atoms with E-state index in [-0.39, 0.29) is 6.02 Å². The van der Waals surface area contributed by atoms with E-state index in [9.17, 15) is 5.11 Å². The average molecular weight is 311 g/mol. The molecule has 23 heavy (non-hydrogen) atoms. The van der Waals surface area contributed by atoms with Gasteiger partial charge in [-0.25, -0.2) is 15.0 Å². The molecule has 5 N–H and O–H groups in total. The van der Waals surface area contributed by atoms with E-state index in [0.29, 0.717) is 12.8 Å². The number of aryl methyl sites for hydroxylation is 1. The van der Waals surface area contributed by atoms with Crippen molar-refractivity contribution in [1.29, 1.82) is 0 Å². The molecule has 0 bridgehead atoms. The first-order valence-corrected chi connectivity index (χ1v) is 7.42. The highest BCUT2D eigenvalue weighted by molar-refractivity contribution is 5.75. The highest BCUT2D eigenvalue weighted by Crippen LogP contribution is 2.43. The van der Waals surface area contributed by atoms with Crippen LogP contribution in [0.4, 0.5) is 0 Å². The first kappa shape index (κ1) is 14.1. The Bertz CT molecular complexity index is 790. The Labute approximate surface area is 133 Å². The number of ether oxygens (including phenoxy) is 1. The highest BCUT2D eigenvalue weighted by atomic mass is 16.7. The van der Waals surface area contributed by atoms with E-state index < -0.39 is 11.4 Å². The molecular formula is C16H17N5O2. The quantitative estimate of drug-likeness (QED) is 0.652. The van der Waals surface area contributed by atoms with E-state index in [1.54, 1.807) is 12.4 Å². The lowest BCUT2D eigenvalue weighted by molar-refractivity contribution is -0.177. The van der Waals surface area contributed by atoms with Crippen LogP contribution in [-0.2, 0) is 17.6 Å². The summed E-state index contributed by atoms with van der Waals surface area (Å²) in [7, 11) is 0. The zero-order valence-corrected chi connectivity index (χ0v) is 12.4. The smallest absolute Gasteiger partial charge is 0.295 e. The van der Waals surface area contributed by atoms with Crippen molar-refractivity contribution in [3.63, 3.8) is 0 Å². The van der Waals surface area contributed by atoms with E-state index in [1.807, 2.05) is 12.1 Å². The van der Waals surface area contributed by atoms with Crippen molar-refractivity contribution in [3.8, 4) is 11.1 Å². The average Bonchev–Trinajstić information content (AvgIpc) is 2.75. The summed E-state index contributed by atoms with van der Waals surface area (Å²) in [4.78, 5) is 12.5. The van der Waals surface area contributed by atoms with Gasteiger partial charge < -0.3 is 15.6 Å². The van der Waals surface area contributed by atoms with Crippen LogP contribution in [0, 0.1) is 0 Å². The molecule has 2 aliphatic rings. The topological polar surface area (TPSA) is 120 Å². The normalized spacial score (nSPS) is 29.0. The molecule has 1 spiro atoms. The third kappa shape index (κ3) is 2.08. The number of aliphatic hydroxyl groups is 1. The minimum atomic E-state index is -1.89. The number of amidine groups is 1. The zero-order valence-electron chi connectivity index (χ0n) is 12.4. The number of fused-ring (bicyclic) bond motifs is 1. The summed E-state index contributed by atoms with van der Waals surface area (Å²) in [6.07, 6.45) is 6.78. The van der Waals surface area contributed by atoms with Crippen LogP contribution in [0.25, 0.3) is 11.1 Å². The Morgan fingerprint density at radius 2 is 2.00 bits per heavy atom. The molecule has 2 unspecified atom stereocenters. The van der Waals surface area contributed by atoms with Crippen LogP contribution in [0.1, 0.15) is 17.5 Å². The van der Waals surface area contributed by atoms with Gasteiger partial charge in [0.1, 0.15) is 6.33 Å². The number of hydrogen-bond donors (Lipinski definition) is 3. The van der Waals surface area contributed by atoms with Crippen molar-refractivity contribution in [2.24, 2.45) is 16.5 Å². The zero-order chi connectivity index (χ0) is 16.1. The first-order valence-electron chi connectivity index (χ1n) is 7.42. The van der Waals surface area contributed by atoms with Gasteiger partial charge in [-0.1, -0.05) is 18.2 Å². The Hall–Kier alpha value is -2.51. The number of nitrogens with zero attached hydrogens (tertiary/aromatic N) is 3. The number of nitrogens with two attached hydrogens (primary N) is 2. The fraction of sp³-hybridized carbons (Fsp3) is 0.312. The van der Waals surface area contributed by atoms with Gasteiger partial charge in [0.2, 0.25) is 0 Å². The van der Waals surface area contributed by atoms with Gasteiger partial charge in [-0.2, -0.15) is 0 Å². The van der Waals surface area contributed by atoms with Crippen LogP contribution in [0.2, 0.25) is 0 Å². The molecule has 2 heterocycles. The predicted molar refractivity (Wildman–Crippen MR) is 84.1 cm³/mol. The van der Waals surface area contributed by atoms with E-state index in [4.69, 9.17) is 16.2 Å². The van der Waals surface area contributed by atoms with Gasteiger partial charge in [-0.3, -0.25) is 5.73 Å². The Balaban J connectivity index is 1.84. The SMILES string of the molecule is NC1=NC2(CCc3cccc(-c4cncnc4)c3C2)C(N)(O)O1. The van der Waals surface area contributed by atoms with Gasteiger partial charge in [0.15, 0.2) is 5.54 Å². The molecule has 7 heteroatoms. The van der Waals surface area contributed by atoms with Gasteiger partial charge in [0.05, 0.1) is 0 Å². The number of rotatable bonds is 1. The molecule has 1 aromatic carbocycles. The molecule has 0 saturated carbocycles. The Morgan fingerprint density at radius 3 is 2.70 bits per heavy atom. The molecule has 1 aliphatic heterocycles. The summed E-state index contributed by atoms with van der Waals surface area (Å²) in [5.74, 6) is -1.89. The second-order valence-corrected chi connectivity index (χ2v) is 6.03. The van der Waals surface area contributed by atoms with Crippen molar-refractivity contribution in [1.82, 2.24) is 9.97 Å². The predicted octanol–water partition coefficient (Wildman–Crippen LogP) is 0.321. The highest BCUT2D eigenvalue weighted by Gasteiger charge is 2.57. The first-order chi connectivity index (χ1) is 11.0. The van der Waals surface area contributed by atoms with Gasteiger partial charge in [-0.05, 0) is 29.5 Å². The summed E-state index contributed by atoms with van der Waals surface area (Å²) in [6.45, 7) is 0. The molecule has 7 nitrogen and oxygen atoms in total. The molecule has 2 aromatic rings. The number of aromatic nitrogens is 2. The maximum absolute atomic E-state index is 10.5. The molecule has 118 valence electrons. The van der Waals surface area contributed by atoms with Crippen LogP contribution in [0.15, 0.2) is 41.9 Å². The summed E-state index contributed by atoms with van der Waals surface area (Å²) < 4.78 is 5.14. The molecule has 0 amide bonds. The molecular weight excluding hydrogens is 294 g/mol. The molecule has 2 atom stereocenters. The molecule has 1 aliphatic carbocycles. The number of aliphatic imine (C=N–C) groups is 1. The summed E-state index contributed by atoms with van der Waals surface area (Å²) in [5, 5.41) is 10.5. The molecule has 0 fully saturated rings. The van der Waals surface area contributed by atoms with Gasteiger partial charge >= 0.3 is 0 Å². The summed E-state index contributed by atoms with van der Waals surface area (Å²) in [5.41, 5.74) is 14.8. The van der Waals surface area contributed by atoms with Crippen LogP contribution in [0.5, 0.6) is 0 Å². The van der Waals surface area contributed by atoms with E-state index in [2.05, 4.69) is 21.0 Å². The molecule has 4 rings (SSSR count). The van der Waals surface area contributed by atoms with E-state index >= 15 is 0 Å². The van der Waals surface area contributed by atoms with Crippen molar-refractivity contribution >= 4 is 6.02 Å². The third-order valence-corrected chi connectivity index (χ3v) is 4.67. The van der Waals surface area contributed by atoms with E-state index in [0.717, 1.165) is 23.1 Å². The van der Waals surface area contributed by atoms with Gasteiger partial charge in [0, 0.05) is 24.4 Å². The van der Waals surface area contributed by atoms with Crippen molar-refractivity contribution in [3.05, 3.63) is 48.0 Å². The van der Waals surface area contributed by atoms with Crippen LogP contribution < -0.4 is 11.5 Å². The standard InChI is InChI=1S/C16H17N5O2/c17-14-21-15(16(18,22)23-14)5-4-10-2-1-3-12(13(10)6-15)11-7-19-9-20-8-11/h1-3,7-9,22H,4-6,18H2,(H2,17,21). The largest absolute Gasteiger partial charge is 0.416 e. The lowest BCUT2D eigenvalue weighted by Crippen LogP contribution is -2.60. The summed E-state index contributed by atoms with van der Waals surface area (Å²) in [6, 6.07) is 6.03. The van der Waals surface area contributed by atoms with Crippen molar-refractivity contribution in [2.75, 3.05) is 0 Å². The lowest BCUT2D eigenvalue weighted by atomic mass is 9.74. The minimum Gasteiger partial charge on any atom is -0.416 e. The fourth-order valence-electron chi connectivity index (χ4n) is 3.48. The van der Waals surface area contributed by atoms with Gasteiger partial charge in [-0.15, -0.1) is 0 Å². The fourth-order valence-corrected chi connectivity index (χ4v) is 3.48. The molecule has 0 saturated heterocycles. The maximum Gasteiger partial charge on any atom is 0.295 e. The maximum atomic E-state index is 10.5. The van der Waals surface area contributed by atoms with Crippen molar-refractivity contribution in [2.45, 2.75) is 30.7 Å². The van der Waals surface area contributed by atoms with Gasteiger partial charge in [0.25, 0.3) is 11.9 Å². The third-order valence-electron chi connectivity index (χ3n) is 4.67. The van der Waals surface area contributed by atoms with Crippen LogP contribution in [0.3, 0.4) is 0 Å². The van der Waals surface area contributed by atoms with Crippen LogP contribution in [-0.4, -0.2) is 32.5 Å². The van der Waals surface area contributed by atoms with Crippen LogP contribution >= 0.6 is 0 Å². The molecule has 0 radical (unpaired) electrons. The lowest BCUT2D eigenvalue weighted by Gasteiger charge is -2.39. The number of hydrogen-bond acceptors (Lipinski definition) is 7. The summed E-state index contributed by atoms with van der Waals surface area (Å²) >= 11 is 0.